The van der Waals surface area contributed by atoms with Gasteiger partial charge in [0.25, 0.3) is 0 Å². The van der Waals surface area contributed by atoms with Gasteiger partial charge in [0.15, 0.2) is 3.95 Å². The van der Waals surface area contributed by atoms with Crippen molar-refractivity contribution in [3.05, 3.63) is 14.5 Å². The maximum atomic E-state index is 10.7. The van der Waals surface area contributed by atoms with Crippen LogP contribution in [0.5, 0.6) is 0 Å². The van der Waals surface area contributed by atoms with Gasteiger partial charge in [0, 0.05) is 19.3 Å². The predicted octanol–water partition coefficient (Wildman–Crippen LogP) is 0.597. The molecule has 1 rings (SSSR count). The SMILES string of the molecule is COCCn1c(C)c(C(=O)[O-])sc1=S. The van der Waals surface area contributed by atoms with Crippen molar-refractivity contribution in [3.63, 3.8) is 0 Å². The Hall–Kier alpha value is -0.720. The molecule has 0 aliphatic heterocycles. The van der Waals surface area contributed by atoms with Crippen LogP contribution in [0.2, 0.25) is 0 Å². The van der Waals surface area contributed by atoms with Gasteiger partial charge >= 0.3 is 0 Å². The number of ether oxygens (including phenoxy) is 1. The van der Waals surface area contributed by atoms with Gasteiger partial charge in [-0.3, -0.25) is 0 Å². The molecule has 0 amide bonds. The highest BCUT2D eigenvalue weighted by atomic mass is 32.1. The number of carboxylic acid groups (broad SMARTS) is 1. The van der Waals surface area contributed by atoms with Gasteiger partial charge in [0.2, 0.25) is 0 Å². The lowest BCUT2D eigenvalue weighted by Crippen LogP contribution is -2.22. The van der Waals surface area contributed by atoms with E-state index in [1.165, 1.54) is 0 Å². The Kier molecular flexibility index (Phi) is 3.79. The minimum atomic E-state index is -1.17. The largest absolute Gasteiger partial charge is 0.544 e. The first-order chi connectivity index (χ1) is 6.57. The first-order valence-electron chi connectivity index (χ1n) is 3.98. The summed E-state index contributed by atoms with van der Waals surface area (Å²) in [5, 5.41) is 10.7. The normalized spacial score (nSPS) is 10.4. The minimum Gasteiger partial charge on any atom is -0.544 e. The Balaban J connectivity index is 3.05. The van der Waals surface area contributed by atoms with E-state index in [9.17, 15) is 9.90 Å². The van der Waals surface area contributed by atoms with Crippen LogP contribution >= 0.6 is 23.6 Å². The molecule has 1 aromatic rings. The second-order valence-corrected chi connectivity index (χ2v) is 4.36. The van der Waals surface area contributed by atoms with Crippen molar-refractivity contribution >= 4 is 29.5 Å². The van der Waals surface area contributed by atoms with Crippen molar-refractivity contribution in [1.29, 1.82) is 0 Å². The monoisotopic (exact) mass is 232 g/mol. The van der Waals surface area contributed by atoms with Gasteiger partial charge in [-0.1, -0.05) is 0 Å². The fourth-order valence-electron chi connectivity index (χ4n) is 1.11. The molecule has 0 aromatic carbocycles. The highest BCUT2D eigenvalue weighted by molar-refractivity contribution is 7.73. The molecule has 0 spiro atoms. The van der Waals surface area contributed by atoms with Crippen molar-refractivity contribution in [2.24, 2.45) is 0 Å². The summed E-state index contributed by atoms with van der Waals surface area (Å²) in [4.78, 5) is 10.9. The predicted molar refractivity (Wildman–Crippen MR) is 54.1 cm³/mol. The van der Waals surface area contributed by atoms with E-state index in [0.717, 1.165) is 11.3 Å². The number of carboxylic acids is 1. The Morgan fingerprint density at radius 2 is 2.36 bits per heavy atom. The third-order valence-electron chi connectivity index (χ3n) is 1.85. The van der Waals surface area contributed by atoms with Gasteiger partial charge in [0.05, 0.1) is 17.5 Å². The summed E-state index contributed by atoms with van der Waals surface area (Å²) >= 11 is 6.09. The first-order valence-corrected chi connectivity index (χ1v) is 5.21. The van der Waals surface area contributed by atoms with Crippen LogP contribution in [0.4, 0.5) is 0 Å². The van der Waals surface area contributed by atoms with Crippen LogP contribution in [-0.2, 0) is 11.3 Å². The second kappa shape index (κ2) is 4.68. The molecular formula is C8H10NO3S2-. The van der Waals surface area contributed by atoms with E-state index in [1.54, 1.807) is 18.6 Å². The molecule has 0 saturated heterocycles. The topological polar surface area (TPSA) is 54.3 Å². The third-order valence-corrected chi connectivity index (χ3v) is 3.38. The molecule has 0 aliphatic carbocycles. The van der Waals surface area contributed by atoms with E-state index < -0.39 is 5.97 Å². The summed E-state index contributed by atoms with van der Waals surface area (Å²) in [6, 6.07) is 0. The van der Waals surface area contributed by atoms with Crippen molar-refractivity contribution in [1.82, 2.24) is 4.57 Å². The lowest BCUT2D eigenvalue weighted by molar-refractivity contribution is -0.254. The third kappa shape index (κ3) is 2.20. The van der Waals surface area contributed by atoms with E-state index in [1.807, 2.05) is 0 Å². The van der Waals surface area contributed by atoms with Crippen molar-refractivity contribution in [3.8, 4) is 0 Å². The molecule has 0 N–H and O–H groups in total. The van der Waals surface area contributed by atoms with Gasteiger partial charge in [0.1, 0.15) is 0 Å². The van der Waals surface area contributed by atoms with Crippen LogP contribution in [0, 0.1) is 10.9 Å². The summed E-state index contributed by atoms with van der Waals surface area (Å²) in [6.45, 7) is 2.80. The summed E-state index contributed by atoms with van der Waals surface area (Å²) in [7, 11) is 1.59. The number of nitrogens with zero attached hydrogens (tertiary/aromatic N) is 1. The van der Waals surface area contributed by atoms with Crippen molar-refractivity contribution in [2.75, 3.05) is 13.7 Å². The lowest BCUT2D eigenvalue weighted by atomic mass is 10.4. The molecule has 0 atom stereocenters. The highest BCUT2D eigenvalue weighted by Gasteiger charge is 2.08. The highest BCUT2D eigenvalue weighted by Crippen LogP contribution is 2.17. The quantitative estimate of drug-likeness (QED) is 0.713. The zero-order valence-electron chi connectivity index (χ0n) is 7.90. The number of aromatic carboxylic acids is 1. The van der Waals surface area contributed by atoms with E-state index in [0.29, 0.717) is 22.8 Å². The van der Waals surface area contributed by atoms with Crippen LogP contribution in [0.1, 0.15) is 15.4 Å². The lowest BCUT2D eigenvalue weighted by Gasteiger charge is -2.05. The molecule has 1 aromatic heterocycles. The molecular weight excluding hydrogens is 222 g/mol. The fraction of sp³-hybridized carbons (Fsp3) is 0.500. The van der Waals surface area contributed by atoms with Gasteiger partial charge in [-0.15, -0.1) is 11.3 Å². The van der Waals surface area contributed by atoms with Crippen molar-refractivity contribution in [2.45, 2.75) is 13.5 Å². The number of rotatable bonds is 4. The van der Waals surface area contributed by atoms with Crippen LogP contribution in [0.3, 0.4) is 0 Å². The molecule has 0 radical (unpaired) electrons. The van der Waals surface area contributed by atoms with E-state index in [2.05, 4.69) is 0 Å². The van der Waals surface area contributed by atoms with Crippen LogP contribution in [0.15, 0.2) is 0 Å². The molecule has 0 bridgehead atoms. The Bertz CT molecular complexity index is 394. The van der Waals surface area contributed by atoms with E-state index in [-0.39, 0.29) is 4.88 Å². The first kappa shape index (κ1) is 11.4. The van der Waals surface area contributed by atoms with E-state index in [4.69, 9.17) is 17.0 Å². The Labute approximate surface area is 90.8 Å². The number of methoxy groups -OCH3 is 1. The molecule has 0 saturated carbocycles. The number of aromatic nitrogens is 1. The molecule has 0 fully saturated rings. The van der Waals surface area contributed by atoms with Gasteiger partial charge < -0.3 is 19.2 Å². The number of thiazole rings is 1. The van der Waals surface area contributed by atoms with Crippen LogP contribution < -0.4 is 5.11 Å². The standard InChI is InChI=1S/C8H11NO3S2/c1-5-6(7(10)11)14-8(13)9(5)3-4-12-2/h3-4H2,1-2H3,(H,10,11)/p-1. The van der Waals surface area contributed by atoms with Gasteiger partial charge in [-0.25, -0.2) is 0 Å². The maximum absolute atomic E-state index is 10.7. The Morgan fingerprint density at radius 1 is 1.71 bits per heavy atom. The number of carbonyl (C=O) groups is 1. The molecule has 4 nitrogen and oxygen atoms in total. The fourth-order valence-corrected chi connectivity index (χ4v) is 2.44. The molecule has 1 heterocycles. The number of carbonyl (C=O) groups excluding carboxylic acids is 1. The maximum Gasteiger partial charge on any atom is 0.161 e. The number of hydrogen-bond donors (Lipinski definition) is 0. The summed E-state index contributed by atoms with van der Waals surface area (Å²) in [5.74, 6) is -1.17. The average molecular weight is 232 g/mol. The minimum absolute atomic E-state index is 0.200. The summed E-state index contributed by atoms with van der Waals surface area (Å²) in [5.41, 5.74) is 0.636. The summed E-state index contributed by atoms with van der Waals surface area (Å²) < 4.78 is 7.19. The van der Waals surface area contributed by atoms with Crippen molar-refractivity contribution < 1.29 is 14.6 Å². The molecule has 78 valence electrons. The van der Waals surface area contributed by atoms with E-state index >= 15 is 0 Å². The molecule has 0 aliphatic rings. The van der Waals surface area contributed by atoms with Crippen LogP contribution in [-0.4, -0.2) is 24.3 Å². The second-order valence-electron chi connectivity index (χ2n) is 2.71. The zero-order valence-corrected chi connectivity index (χ0v) is 9.54. The zero-order chi connectivity index (χ0) is 10.7. The molecule has 14 heavy (non-hydrogen) atoms. The molecule has 0 unspecified atom stereocenters. The van der Waals surface area contributed by atoms with Crippen LogP contribution in [0.25, 0.3) is 0 Å². The number of hydrogen-bond acceptors (Lipinski definition) is 5. The Morgan fingerprint density at radius 3 is 2.79 bits per heavy atom. The summed E-state index contributed by atoms with van der Waals surface area (Å²) in [6.07, 6.45) is 0. The molecule has 6 heteroatoms. The smallest absolute Gasteiger partial charge is 0.161 e. The average Bonchev–Trinajstić information content (AvgIpc) is 2.40. The van der Waals surface area contributed by atoms with Gasteiger partial charge in [-0.2, -0.15) is 0 Å². The van der Waals surface area contributed by atoms with Gasteiger partial charge in [-0.05, 0) is 19.1 Å².